The zero-order valence-electron chi connectivity index (χ0n) is 8.64. The molecule has 0 bridgehead atoms. The molecule has 0 fully saturated rings. The van der Waals surface area contributed by atoms with Gasteiger partial charge in [-0.3, -0.25) is 0 Å². The van der Waals surface area contributed by atoms with Gasteiger partial charge in [0.25, 0.3) is 0 Å². The highest BCUT2D eigenvalue weighted by atomic mass is 79.9. The van der Waals surface area contributed by atoms with Crippen molar-refractivity contribution < 1.29 is 0 Å². The number of nitrogens with zero attached hydrogens (tertiary/aromatic N) is 2. The van der Waals surface area contributed by atoms with E-state index in [0.29, 0.717) is 0 Å². The second kappa shape index (κ2) is 3.71. The first-order valence-electron chi connectivity index (χ1n) is 4.91. The van der Waals surface area contributed by atoms with E-state index >= 15 is 0 Å². The Balaban J connectivity index is 2.28. The number of benzene rings is 1. The van der Waals surface area contributed by atoms with Crippen LogP contribution < -0.4 is 0 Å². The summed E-state index contributed by atoms with van der Waals surface area (Å²) < 4.78 is 3.26. The summed E-state index contributed by atoms with van der Waals surface area (Å²) in [4.78, 5) is 4.64. The quantitative estimate of drug-likeness (QED) is 0.661. The molecule has 0 atom stereocenters. The predicted octanol–water partition coefficient (Wildman–Crippen LogP) is 4.06. The highest BCUT2D eigenvalue weighted by Gasteiger charge is 2.10. The summed E-state index contributed by atoms with van der Waals surface area (Å²) in [5.41, 5.74) is 3.37. The lowest BCUT2D eigenvalue weighted by Gasteiger charge is -1.98. The lowest BCUT2D eigenvalue weighted by Crippen LogP contribution is -1.90. The summed E-state index contributed by atoms with van der Waals surface area (Å²) in [6.45, 7) is 0. The Kier molecular flexibility index (Phi) is 2.33. The molecule has 0 aliphatic heterocycles. The molecule has 0 amide bonds. The molecule has 3 aromatic rings. The van der Waals surface area contributed by atoms with Crippen LogP contribution >= 0.6 is 27.3 Å². The normalized spacial score (nSPS) is 11.1. The fourth-order valence-electron chi connectivity index (χ4n) is 1.83. The topological polar surface area (TPSA) is 17.8 Å². The van der Waals surface area contributed by atoms with Crippen LogP contribution in [0.4, 0.5) is 0 Å². The van der Waals surface area contributed by atoms with Gasteiger partial charge < -0.3 is 4.57 Å². The van der Waals surface area contributed by atoms with Crippen LogP contribution in [0.15, 0.2) is 39.5 Å². The average molecular weight is 293 g/mol. The maximum absolute atomic E-state index is 4.64. The van der Waals surface area contributed by atoms with Gasteiger partial charge >= 0.3 is 0 Å². The van der Waals surface area contributed by atoms with E-state index in [2.05, 4.69) is 50.0 Å². The van der Waals surface area contributed by atoms with E-state index in [0.717, 1.165) is 20.7 Å². The van der Waals surface area contributed by atoms with Gasteiger partial charge in [0.1, 0.15) is 5.82 Å². The van der Waals surface area contributed by atoms with Gasteiger partial charge in [0, 0.05) is 18.0 Å². The van der Waals surface area contributed by atoms with Crippen LogP contribution in [0.2, 0.25) is 0 Å². The van der Waals surface area contributed by atoms with Crippen LogP contribution in [0.1, 0.15) is 0 Å². The van der Waals surface area contributed by atoms with Crippen LogP contribution in [0.3, 0.4) is 0 Å². The standard InChI is InChI=1S/C12H9BrN2S/c1-15-10-5-3-2-4-9(10)14-12(15)8-6-11(13)16-7-8/h2-7H,1H3. The van der Waals surface area contributed by atoms with E-state index in [9.17, 15) is 0 Å². The number of aromatic nitrogens is 2. The maximum atomic E-state index is 4.64. The number of fused-ring (bicyclic) bond motifs is 1. The van der Waals surface area contributed by atoms with Crippen molar-refractivity contribution in [2.75, 3.05) is 0 Å². The molecule has 1 aromatic carbocycles. The van der Waals surface area contributed by atoms with E-state index in [-0.39, 0.29) is 0 Å². The van der Waals surface area contributed by atoms with Crippen molar-refractivity contribution in [1.82, 2.24) is 9.55 Å². The molecule has 0 saturated heterocycles. The van der Waals surface area contributed by atoms with Crippen molar-refractivity contribution >= 4 is 38.3 Å². The first-order chi connectivity index (χ1) is 7.75. The molecule has 16 heavy (non-hydrogen) atoms. The van der Waals surface area contributed by atoms with Gasteiger partial charge in [-0.05, 0) is 34.1 Å². The Hall–Kier alpha value is -1.13. The third-order valence-corrected chi connectivity index (χ3v) is 4.12. The molecular formula is C12H9BrN2S. The van der Waals surface area contributed by atoms with Crippen molar-refractivity contribution in [3.63, 3.8) is 0 Å². The minimum Gasteiger partial charge on any atom is -0.327 e. The van der Waals surface area contributed by atoms with Crippen molar-refractivity contribution in [3.8, 4) is 11.4 Å². The SMILES string of the molecule is Cn1c(-c2csc(Br)c2)nc2ccccc21. The first-order valence-corrected chi connectivity index (χ1v) is 6.59. The van der Waals surface area contributed by atoms with E-state index < -0.39 is 0 Å². The number of rotatable bonds is 1. The van der Waals surface area contributed by atoms with Gasteiger partial charge in [-0.2, -0.15) is 0 Å². The third-order valence-electron chi connectivity index (χ3n) is 2.61. The fourth-order valence-corrected chi connectivity index (χ4v) is 2.97. The van der Waals surface area contributed by atoms with Gasteiger partial charge in [0.15, 0.2) is 0 Å². The van der Waals surface area contributed by atoms with E-state index in [1.807, 2.05) is 18.2 Å². The molecule has 0 radical (unpaired) electrons. The van der Waals surface area contributed by atoms with E-state index in [1.165, 1.54) is 5.52 Å². The summed E-state index contributed by atoms with van der Waals surface area (Å²) in [7, 11) is 2.05. The largest absolute Gasteiger partial charge is 0.327 e. The fraction of sp³-hybridized carbons (Fsp3) is 0.0833. The smallest absolute Gasteiger partial charge is 0.141 e. The third kappa shape index (κ3) is 1.49. The van der Waals surface area contributed by atoms with E-state index in [4.69, 9.17) is 0 Å². The Morgan fingerprint density at radius 2 is 2.12 bits per heavy atom. The number of hydrogen-bond donors (Lipinski definition) is 0. The molecule has 0 saturated carbocycles. The lowest BCUT2D eigenvalue weighted by atomic mass is 10.3. The molecule has 2 aromatic heterocycles. The first kappa shape index (κ1) is 10.1. The molecule has 3 rings (SSSR count). The molecule has 0 aliphatic rings. The second-order valence-electron chi connectivity index (χ2n) is 3.62. The van der Waals surface area contributed by atoms with Crippen LogP contribution in [-0.2, 0) is 7.05 Å². The molecule has 2 heterocycles. The number of halogens is 1. The number of hydrogen-bond acceptors (Lipinski definition) is 2. The number of para-hydroxylation sites is 2. The van der Waals surface area contributed by atoms with Crippen LogP contribution in [0, 0.1) is 0 Å². The van der Waals surface area contributed by atoms with Gasteiger partial charge in [0.2, 0.25) is 0 Å². The average Bonchev–Trinajstić information content (AvgIpc) is 2.84. The minimum atomic E-state index is 1.02. The van der Waals surface area contributed by atoms with Crippen molar-refractivity contribution in [3.05, 3.63) is 39.5 Å². The Morgan fingerprint density at radius 3 is 2.81 bits per heavy atom. The number of thiophene rings is 1. The van der Waals surface area contributed by atoms with Gasteiger partial charge in [-0.1, -0.05) is 12.1 Å². The van der Waals surface area contributed by atoms with Gasteiger partial charge in [-0.15, -0.1) is 11.3 Å². The molecule has 0 N–H and O–H groups in total. The van der Waals surface area contributed by atoms with E-state index in [1.54, 1.807) is 11.3 Å². The zero-order valence-corrected chi connectivity index (χ0v) is 11.0. The van der Waals surface area contributed by atoms with Crippen LogP contribution in [-0.4, -0.2) is 9.55 Å². The molecule has 0 unspecified atom stereocenters. The summed E-state index contributed by atoms with van der Waals surface area (Å²) in [6, 6.07) is 10.3. The molecule has 0 aliphatic carbocycles. The zero-order chi connectivity index (χ0) is 11.1. The highest BCUT2D eigenvalue weighted by molar-refractivity contribution is 9.11. The molecule has 80 valence electrons. The van der Waals surface area contributed by atoms with Crippen LogP contribution in [0.5, 0.6) is 0 Å². The Labute approximate surface area is 106 Å². The summed E-state index contributed by atoms with van der Waals surface area (Å²) in [5, 5.41) is 2.12. The van der Waals surface area contributed by atoms with Gasteiger partial charge in [-0.25, -0.2) is 4.98 Å². The van der Waals surface area contributed by atoms with Crippen molar-refractivity contribution in [1.29, 1.82) is 0 Å². The number of imidazole rings is 1. The Morgan fingerprint density at radius 1 is 1.31 bits per heavy atom. The predicted molar refractivity (Wildman–Crippen MR) is 71.7 cm³/mol. The molecular weight excluding hydrogens is 284 g/mol. The monoisotopic (exact) mass is 292 g/mol. The summed E-state index contributed by atoms with van der Waals surface area (Å²) in [6.07, 6.45) is 0. The molecule has 4 heteroatoms. The molecule has 0 spiro atoms. The number of aryl methyl sites for hydroxylation is 1. The van der Waals surface area contributed by atoms with Crippen LogP contribution in [0.25, 0.3) is 22.4 Å². The van der Waals surface area contributed by atoms with Gasteiger partial charge in [0.05, 0.1) is 14.8 Å². The van der Waals surface area contributed by atoms with Crippen molar-refractivity contribution in [2.45, 2.75) is 0 Å². The second-order valence-corrected chi connectivity index (χ2v) is 5.91. The lowest BCUT2D eigenvalue weighted by molar-refractivity contribution is 0.960. The summed E-state index contributed by atoms with van der Waals surface area (Å²) >= 11 is 5.16. The Bertz CT molecular complexity index is 654. The minimum absolute atomic E-state index is 1.02. The summed E-state index contributed by atoms with van der Waals surface area (Å²) in [5.74, 6) is 1.02. The van der Waals surface area contributed by atoms with Crippen molar-refractivity contribution in [2.24, 2.45) is 7.05 Å². The maximum Gasteiger partial charge on any atom is 0.141 e. The molecule has 2 nitrogen and oxygen atoms in total. The highest BCUT2D eigenvalue weighted by Crippen LogP contribution is 2.30.